The number of halogens is 3. The molecule has 0 aliphatic rings. The Morgan fingerprint density at radius 1 is 1.09 bits per heavy atom. The van der Waals surface area contributed by atoms with Crippen LogP contribution in [0.5, 0.6) is 11.5 Å². The highest BCUT2D eigenvalue weighted by molar-refractivity contribution is 6.40. The molecule has 5 aromatic rings. The largest absolute Gasteiger partial charge is 0.496 e. The number of nitrogens with two attached hydrogens (primary N) is 1. The summed E-state index contributed by atoms with van der Waals surface area (Å²) in [4.78, 5) is 13.1. The van der Waals surface area contributed by atoms with Gasteiger partial charge in [0.2, 0.25) is 11.6 Å². The van der Waals surface area contributed by atoms with Gasteiger partial charge in [-0.2, -0.15) is 9.78 Å². The summed E-state index contributed by atoms with van der Waals surface area (Å²) in [6.07, 6.45) is 1.45. The summed E-state index contributed by atoms with van der Waals surface area (Å²) in [6, 6.07) is 17.7. The zero-order valence-electron chi connectivity index (χ0n) is 22.3. The van der Waals surface area contributed by atoms with Gasteiger partial charge in [0.15, 0.2) is 11.4 Å². The van der Waals surface area contributed by atoms with Crippen molar-refractivity contribution in [1.82, 2.24) is 30.7 Å². The van der Waals surface area contributed by atoms with Crippen LogP contribution in [0, 0.1) is 0 Å². The van der Waals surface area contributed by atoms with Gasteiger partial charge in [-0.25, -0.2) is 10.1 Å². The molecule has 3 aromatic carbocycles. The van der Waals surface area contributed by atoms with Crippen molar-refractivity contribution in [3.63, 3.8) is 0 Å². The number of hydrogen-bond acceptors (Lipinski definition) is 11. The number of para-hydroxylation sites is 1. The van der Waals surface area contributed by atoms with Crippen molar-refractivity contribution in [3.8, 4) is 17.3 Å². The van der Waals surface area contributed by atoms with Crippen LogP contribution in [0.1, 0.15) is 27.3 Å². The number of nitrogens with one attached hydrogen (secondary N) is 2. The fourth-order valence-corrected chi connectivity index (χ4v) is 4.84. The lowest BCUT2D eigenvalue weighted by Crippen LogP contribution is -2.21. The summed E-state index contributed by atoms with van der Waals surface area (Å²) in [5.74, 6) is 0.308. The second-order valence-electron chi connectivity index (χ2n) is 8.75. The Kier molecular flexibility index (Phi) is 9.25. The Bertz CT molecular complexity index is 1750. The molecule has 0 atom stereocenters. The smallest absolute Gasteiger partial charge is 0.293 e. The molecule has 0 aliphatic heterocycles. The monoisotopic (exact) mass is 641 g/mol. The van der Waals surface area contributed by atoms with Gasteiger partial charge in [-0.3, -0.25) is 4.79 Å². The molecule has 4 N–H and O–H groups in total. The molecule has 0 saturated heterocycles. The molecule has 5 rings (SSSR count). The molecule has 220 valence electrons. The van der Waals surface area contributed by atoms with Gasteiger partial charge in [0.05, 0.1) is 35.6 Å². The molecule has 0 spiro atoms. The van der Waals surface area contributed by atoms with Crippen LogP contribution < -0.4 is 25.9 Å². The van der Waals surface area contributed by atoms with Crippen LogP contribution in [-0.4, -0.2) is 44.5 Å². The fourth-order valence-electron chi connectivity index (χ4n) is 3.91. The minimum absolute atomic E-state index is 0.0106. The molecule has 0 unspecified atom stereocenters. The summed E-state index contributed by atoms with van der Waals surface area (Å²) >= 11 is 18.5. The molecule has 0 saturated carbocycles. The average Bonchev–Trinajstić information content (AvgIpc) is 3.61. The maximum Gasteiger partial charge on any atom is 0.293 e. The molecule has 0 bridgehead atoms. The van der Waals surface area contributed by atoms with Gasteiger partial charge in [-0.15, -0.1) is 5.10 Å². The second-order valence-corrected chi connectivity index (χ2v) is 10.00. The number of hydrazone groups is 1. The summed E-state index contributed by atoms with van der Waals surface area (Å²) in [5, 5.41) is 23.6. The van der Waals surface area contributed by atoms with Crippen molar-refractivity contribution >= 4 is 58.4 Å². The van der Waals surface area contributed by atoms with E-state index in [0.717, 1.165) is 5.69 Å². The Labute approximate surface area is 259 Å². The van der Waals surface area contributed by atoms with E-state index < -0.39 is 5.91 Å². The highest BCUT2D eigenvalue weighted by atomic mass is 35.5. The number of carbonyl (C=O) groups excluding carboxylic acids is 1. The maximum absolute atomic E-state index is 13.1. The van der Waals surface area contributed by atoms with E-state index in [-0.39, 0.29) is 46.3 Å². The van der Waals surface area contributed by atoms with Crippen LogP contribution in [0.15, 0.2) is 70.4 Å². The van der Waals surface area contributed by atoms with E-state index in [0.29, 0.717) is 27.6 Å². The standard InChI is InChI=1S/C27H22Cl3N9O4/c1-41-22-8-7-15(9-16(22)14-42-24-19(29)10-17(28)11-20(24)30)12-33-35-27(40)23-21(13-32-18-5-3-2-4-6-18)39(38-34-23)26-25(31)36-43-37-26/h2-12,32H,13-14H2,1H3,(H2,31,36)(H,35,40)/b33-12+. The Morgan fingerprint density at radius 2 is 1.86 bits per heavy atom. The highest BCUT2D eigenvalue weighted by Crippen LogP contribution is 2.36. The first-order chi connectivity index (χ1) is 20.8. The molecule has 0 radical (unpaired) electrons. The summed E-state index contributed by atoms with van der Waals surface area (Å²) in [5.41, 5.74) is 10.8. The Hall–Kier alpha value is -4.85. The first kappa shape index (κ1) is 29.6. The summed E-state index contributed by atoms with van der Waals surface area (Å²) < 4.78 is 17.3. The third-order valence-corrected chi connectivity index (χ3v) is 6.71. The van der Waals surface area contributed by atoms with E-state index in [1.165, 1.54) is 30.1 Å². The van der Waals surface area contributed by atoms with E-state index in [9.17, 15) is 4.79 Å². The van der Waals surface area contributed by atoms with Crippen LogP contribution in [-0.2, 0) is 13.2 Å². The van der Waals surface area contributed by atoms with Crippen LogP contribution in [0.2, 0.25) is 15.1 Å². The van der Waals surface area contributed by atoms with Crippen molar-refractivity contribution in [2.45, 2.75) is 13.2 Å². The van der Waals surface area contributed by atoms with Gasteiger partial charge < -0.3 is 20.5 Å². The number of benzene rings is 3. The number of anilines is 2. The van der Waals surface area contributed by atoms with Crippen molar-refractivity contribution < 1.29 is 18.9 Å². The molecule has 2 heterocycles. The predicted molar refractivity (Wildman–Crippen MR) is 161 cm³/mol. The van der Waals surface area contributed by atoms with Crippen LogP contribution in [0.4, 0.5) is 11.5 Å². The van der Waals surface area contributed by atoms with Gasteiger partial charge in [0, 0.05) is 16.3 Å². The van der Waals surface area contributed by atoms with Crippen molar-refractivity contribution in [2.24, 2.45) is 5.10 Å². The molecule has 2 aromatic heterocycles. The lowest BCUT2D eigenvalue weighted by molar-refractivity contribution is 0.0949. The number of amides is 1. The van der Waals surface area contributed by atoms with E-state index in [2.05, 4.69) is 36.5 Å². The number of nitrogen functional groups attached to an aromatic ring is 1. The molecule has 1 amide bonds. The molecule has 43 heavy (non-hydrogen) atoms. The van der Waals surface area contributed by atoms with Crippen LogP contribution in [0.25, 0.3) is 5.82 Å². The summed E-state index contributed by atoms with van der Waals surface area (Å²) in [7, 11) is 1.54. The molecule has 16 heteroatoms. The lowest BCUT2D eigenvalue weighted by atomic mass is 10.1. The van der Waals surface area contributed by atoms with Crippen molar-refractivity contribution in [3.05, 3.63) is 98.2 Å². The summed E-state index contributed by atoms with van der Waals surface area (Å²) in [6.45, 7) is 0.235. The number of carbonyl (C=O) groups is 1. The van der Waals surface area contributed by atoms with E-state index in [1.807, 2.05) is 30.3 Å². The van der Waals surface area contributed by atoms with Gasteiger partial charge in [0.25, 0.3) is 5.91 Å². The topological polar surface area (TPSA) is 168 Å². The minimum atomic E-state index is -0.619. The average molecular weight is 643 g/mol. The van der Waals surface area contributed by atoms with Crippen LogP contribution in [0.3, 0.4) is 0 Å². The Morgan fingerprint density at radius 3 is 2.56 bits per heavy atom. The number of ether oxygens (including phenoxy) is 2. The third-order valence-electron chi connectivity index (χ3n) is 5.93. The van der Waals surface area contributed by atoms with E-state index in [1.54, 1.807) is 18.2 Å². The fraction of sp³-hybridized carbons (Fsp3) is 0.111. The van der Waals surface area contributed by atoms with Gasteiger partial charge in [0.1, 0.15) is 12.4 Å². The maximum atomic E-state index is 13.1. The molecular formula is C27H22Cl3N9O4. The quantitative estimate of drug-likeness (QED) is 0.129. The predicted octanol–water partition coefficient (Wildman–Crippen LogP) is 5.16. The third kappa shape index (κ3) is 6.97. The van der Waals surface area contributed by atoms with Crippen molar-refractivity contribution in [1.29, 1.82) is 0 Å². The zero-order chi connectivity index (χ0) is 30.3. The van der Waals surface area contributed by atoms with Gasteiger partial charge in [-0.1, -0.05) is 58.2 Å². The first-order valence-electron chi connectivity index (χ1n) is 12.4. The normalized spacial score (nSPS) is 11.1. The number of rotatable bonds is 11. The van der Waals surface area contributed by atoms with E-state index >= 15 is 0 Å². The first-order valence-corrected chi connectivity index (χ1v) is 13.6. The number of nitrogens with zero attached hydrogens (tertiary/aromatic N) is 6. The number of aromatic nitrogens is 5. The highest BCUT2D eigenvalue weighted by Gasteiger charge is 2.24. The lowest BCUT2D eigenvalue weighted by Gasteiger charge is -2.13. The zero-order valence-corrected chi connectivity index (χ0v) is 24.6. The Balaban J connectivity index is 1.32. The minimum Gasteiger partial charge on any atom is -0.496 e. The SMILES string of the molecule is COc1ccc(/C=N/NC(=O)c2nnn(-c3nonc3N)c2CNc2ccccc2)cc1COc1c(Cl)cc(Cl)cc1Cl. The molecule has 0 fully saturated rings. The molecule has 0 aliphatic carbocycles. The number of hydrogen-bond donors (Lipinski definition) is 3. The van der Waals surface area contributed by atoms with E-state index in [4.69, 9.17) is 54.6 Å². The van der Waals surface area contributed by atoms with Gasteiger partial charge >= 0.3 is 0 Å². The second kappa shape index (κ2) is 13.4. The van der Waals surface area contributed by atoms with Crippen molar-refractivity contribution in [2.75, 3.05) is 18.2 Å². The van der Waals surface area contributed by atoms with Crippen LogP contribution >= 0.6 is 34.8 Å². The molecule has 13 nitrogen and oxygen atoms in total. The molecular weight excluding hydrogens is 621 g/mol. The van der Waals surface area contributed by atoms with Gasteiger partial charge in [-0.05, 0) is 58.3 Å². The number of methoxy groups -OCH3 is 1.